The lowest BCUT2D eigenvalue weighted by Gasteiger charge is -2.35. The van der Waals surface area contributed by atoms with Crippen molar-refractivity contribution >= 4 is 22.0 Å². The van der Waals surface area contributed by atoms with Crippen LogP contribution in [-0.2, 0) is 14.8 Å². The first-order chi connectivity index (χ1) is 13.6. The number of hydrogen-bond donors (Lipinski definition) is 0. The van der Waals surface area contributed by atoms with E-state index in [0.717, 1.165) is 12.8 Å². The molecule has 2 fully saturated rings. The van der Waals surface area contributed by atoms with Crippen LogP contribution in [0.1, 0.15) is 44.0 Å². The van der Waals surface area contributed by atoms with Crippen molar-refractivity contribution in [3.05, 3.63) is 29.8 Å². The van der Waals surface area contributed by atoms with Crippen LogP contribution in [0.3, 0.4) is 0 Å². The minimum atomic E-state index is -3.49. The van der Waals surface area contributed by atoms with Crippen LogP contribution in [0.15, 0.2) is 29.2 Å². The van der Waals surface area contributed by atoms with Crippen molar-refractivity contribution in [3.63, 3.8) is 0 Å². The number of sulfonamides is 1. The van der Waals surface area contributed by atoms with Crippen molar-refractivity contribution in [2.75, 3.05) is 39.3 Å². The molecule has 0 atom stereocenters. The van der Waals surface area contributed by atoms with Gasteiger partial charge in [0.2, 0.25) is 10.0 Å². The van der Waals surface area contributed by atoms with Crippen molar-refractivity contribution in [1.82, 2.24) is 14.1 Å². The molecular weight excluding hydrogens is 394 g/mol. The van der Waals surface area contributed by atoms with Crippen LogP contribution < -0.4 is 0 Å². The van der Waals surface area contributed by atoms with E-state index in [4.69, 9.17) is 4.74 Å². The molecule has 0 bridgehead atoms. The Balaban J connectivity index is 1.59. The van der Waals surface area contributed by atoms with E-state index in [2.05, 4.69) is 0 Å². The molecule has 0 N–H and O–H groups in total. The Labute approximate surface area is 172 Å². The molecule has 0 spiro atoms. The van der Waals surface area contributed by atoms with Gasteiger partial charge in [0.1, 0.15) is 5.60 Å². The predicted octanol–water partition coefficient (Wildman–Crippen LogP) is 2.16. The topological polar surface area (TPSA) is 87.2 Å². The summed E-state index contributed by atoms with van der Waals surface area (Å²) in [4.78, 5) is 28.4. The largest absolute Gasteiger partial charge is 0.444 e. The number of ether oxygens (including phenoxy) is 1. The lowest BCUT2D eigenvalue weighted by molar-refractivity contribution is 0.0141. The lowest BCUT2D eigenvalue weighted by atomic mass is 10.2. The quantitative estimate of drug-likeness (QED) is 0.744. The Hall–Kier alpha value is -2.13. The smallest absolute Gasteiger partial charge is 0.410 e. The summed E-state index contributed by atoms with van der Waals surface area (Å²) >= 11 is 0. The van der Waals surface area contributed by atoms with Gasteiger partial charge in [0, 0.05) is 44.8 Å². The maximum absolute atomic E-state index is 12.8. The predicted molar refractivity (Wildman–Crippen MR) is 108 cm³/mol. The number of nitrogens with zero attached hydrogens (tertiary/aromatic N) is 3. The van der Waals surface area contributed by atoms with Crippen molar-refractivity contribution < 1.29 is 22.7 Å². The minimum absolute atomic E-state index is 0.168. The average Bonchev–Trinajstić information content (AvgIpc) is 3.22. The minimum Gasteiger partial charge on any atom is -0.444 e. The molecule has 9 heteroatoms. The molecule has 0 saturated carbocycles. The highest BCUT2D eigenvalue weighted by Crippen LogP contribution is 2.22. The number of piperazine rings is 1. The molecular formula is C20H29N3O5S. The Morgan fingerprint density at radius 2 is 1.38 bits per heavy atom. The van der Waals surface area contributed by atoms with Crippen molar-refractivity contribution in [2.45, 2.75) is 44.1 Å². The molecule has 1 aromatic carbocycles. The molecule has 0 aliphatic carbocycles. The maximum atomic E-state index is 12.8. The summed E-state index contributed by atoms with van der Waals surface area (Å²) in [5.41, 5.74) is -0.114. The zero-order valence-electron chi connectivity index (χ0n) is 17.3. The fourth-order valence-corrected chi connectivity index (χ4v) is 4.97. The molecule has 2 aliphatic heterocycles. The summed E-state index contributed by atoms with van der Waals surface area (Å²) in [5.74, 6) is -0.168. The number of amides is 2. The summed E-state index contributed by atoms with van der Waals surface area (Å²) in [6.45, 7) is 8.17. The average molecular weight is 424 g/mol. The van der Waals surface area contributed by atoms with Crippen LogP contribution in [0.4, 0.5) is 4.79 Å². The molecule has 0 radical (unpaired) electrons. The second-order valence-corrected chi connectivity index (χ2v) is 10.3. The summed E-state index contributed by atoms with van der Waals surface area (Å²) in [5, 5.41) is 0. The van der Waals surface area contributed by atoms with E-state index >= 15 is 0 Å². The number of rotatable bonds is 3. The van der Waals surface area contributed by atoms with Crippen molar-refractivity contribution in [3.8, 4) is 0 Å². The van der Waals surface area contributed by atoms with Gasteiger partial charge in [-0.3, -0.25) is 4.79 Å². The first kappa shape index (κ1) is 21.6. The Bertz CT molecular complexity index is 847. The molecule has 1 aromatic rings. The monoisotopic (exact) mass is 423 g/mol. The second kappa shape index (κ2) is 8.31. The van der Waals surface area contributed by atoms with Gasteiger partial charge < -0.3 is 14.5 Å². The standard InChI is InChI=1S/C20H29N3O5S/c1-20(2,3)28-19(25)22-14-12-21(13-15-22)18(24)16-6-8-17(9-7-16)29(26,27)23-10-4-5-11-23/h6-9H,4-5,10-15H2,1-3H3. The van der Waals surface area contributed by atoms with Crippen molar-refractivity contribution in [1.29, 1.82) is 0 Å². The van der Waals surface area contributed by atoms with Gasteiger partial charge in [-0.05, 0) is 57.9 Å². The van der Waals surface area contributed by atoms with Gasteiger partial charge in [-0.2, -0.15) is 4.31 Å². The number of carbonyl (C=O) groups excluding carboxylic acids is 2. The highest BCUT2D eigenvalue weighted by molar-refractivity contribution is 7.89. The number of carbonyl (C=O) groups is 2. The molecule has 3 rings (SSSR count). The van der Waals surface area contributed by atoms with Gasteiger partial charge in [-0.15, -0.1) is 0 Å². The van der Waals surface area contributed by atoms with Crippen LogP contribution >= 0.6 is 0 Å². The van der Waals surface area contributed by atoms with E-state index in [9.17, 15) is 18.0 Å². The molecule has 0 aromatic heterocycles. The summed E-state index contributed by atoms with van der Waals surface area (Å²) in [6, 6.07) is 6.12. The van der Waals surface area contributed by atoms with Gasteiger partial charge >= 0.3 is 6.09 Å². The van der Waals surface area contributed by atoms with Crippen LogP contribution in [0.25, 0.3) is 0 Å². The molecule has 2 amide bonds. The van der Waals surface area contributed by atoms with E-state index in [1.807, 2.05) is 20.8 Å². The number of hydrogen-bond acceptors (Lipinski definition) is 5. The van der Waals surface area contributed by atoms with Crippen LogP contribution in [-0.4, -0.2) is 79.4 Å². The van der Waals surface area contributed by atoms with E-state index in [0.29, 0.717) is 44.8 Å². The van der Waals surface area contributed by atoms with Crippen LogP contribution in [0.2, 0.25) is 0 Å². The van der Waals surface area contributed by atoms with E-state index in [1.165, 1.54) is 16.4 Å². The SMILES string of the molecule is CC(C)(C)OC(=O)N1CCN(C(=O)c2ccc(S(=O)(=O)N3CCCC3)cc2)CC1. The van der Waals surface area contributed by atoms with Gasteiger partial charge in [0.15, 0.2) is 0 Å². The molecule has 2 heterocycles. The van der Waals surface area contributed by atoms with Crippen LogP contribution in [0.5, 0.6) is 0 Å². The van der Waals surface area contributed by atoms with Crippen molar-refractivity contribution in [2.24, 2.45) is 0 Å². The van der Waals surface area contributed by atoms with Gasteiger partial charge in [0.25, 0.3) is 5.91 Å². The molecule has 160 valence electrons. The summed E-state index contributed by atoms with van der Waals surface area (Å²) < 4.78 is 32.0. The molecule has 2 saturated heterocycles. The Morgan fingerprint density at radius 3 is 1.90 bits per heavy atom. The first-order valence-corrected chi connectivity index (χ1v) is 11.4. The third-order valence-corrected chi connectivity index (χ3v) is 6.94. The normalized spacial score (nSPS) is 18.7. The van der Waals surface area contributed by atoms with E-state index in [1.54, 1.807) is 21.9 Å². The molecule has 8 nitrogen and oxygen atoms in total. The molecule has 29 heavy (non-hydrogen) atoms. The fourth-order valence-electron chi connectivity index (χ4n) is 3.45. The van der Waals surface area contributed by atoms with Crippen LogP contribution in [0, 0.1) is 0 Å². The third-order valence-electron chi connectivity index (χ3n) is 5.02. The number of benzene rings is 1. The molecule has 2 aliphatic rings. The lowest BCUT2D eigenvalue weighted by Crippen LogP contribution is -2.51. The summed E-state index contributed by atoms with van der Waals surface area (Å²) in [7, 11) is -3.49. The zero-order chi connectivity index (χ0) is 21.2. The van der Waals surface area contributed by atoms with E-state index in [-0.39, 0.29) is 16.9 Å². The Morgan fingerprint density at radius 1 is 0.862 bits per heavy atom. The van der Waals surface area contributed by atoms with E-state index < -0.39 is 15.6 Å². The summed E-state index contributed by atoms with van der Waals surface area (Å²) in [6.07, 6.45) is 1.39. The third kappa shape index (κ3) is 5.08. The fraction of sp³-hybridized carbons (Fsp3) is 0.600. The Kier molecular flexibility index (Phi) is 6.19. The van der Waals surface area contributed by atoms with Gasteiger partial charge in [0.05, 0.1) is 4.90 Å². The first-order valence-electron chi connectivity index (χ1n) is 9.95. The highest BCUT2D eigenvalue weighted by Gasteiger charge is 2.29. The molecule has 0 unspecified atom stereocenters. The maximum Gasteiger partial charge on any atom is 0.410 e. The second-order valence-electron chi connectivity index (χ2n) is 8.40. The zero-order valence-corrected chi connectivity index (χ0v) is 18.1. The van der Waals surface area contributed by atoms with Gasteiger partial charge in [-0.1, -0.05) is 0 Å². The highest BCUT2D eigenvalue weighted by atomic mass is 32.2. The van der Waals surface area contributed by atoms with Gasteiger partial charge in [-0.25, -0.2) is 13.2 Å².